The number of aryl methyl sites for hydroxylation is 2. The topological polar surface area (TPSA) is 43.8 Å². The summed E-state index contributed by atoms with van der Waals surface area (Å²) in [5, 5.41) is 4.48. The third-order valence-electron chi connectivity index (χ3n) is 3.44. The van der Waals surface area contributed by atoms with E-state index in [1.165, 1.54) is 22.4 Å². The van der Waals surface area contributed by atoms with E-state index in [4.69, 9.17) is 5.73 Å². The second-order valence-electron chi connectivity index (χ2n) is 4.73. The fraction of sp³-hybridized carbons (Fsp3) is 0.400. The van der Waals surface area contributed by atoms with Crippen LogP contribution in [0.15, 0.2) is 30.5 Å². The molecule has 18 heavy (non-hydrogen) atoms. The first kappa shape index (κ1) is 12.8. The zero-order valence-electron chi connectivity index (χ0n) is 11.2. The first-order chi connectivity index (χ1) is 8.72. The molecule has 0 atom stereocenters. The highest BCUT2D eigenvalue weighted by atomic mass is 15.3. The van der Waals surface area contributed by atoms with Crippen molar-refractivity contribution in [1.82, 2.24) is 9.78 Å². The molecule has 0 bridgehead atoms. The van der Waals surface area contributed by atoms with Gasteiger partial charge < -0.3 is 5.73 Å². The number of nitrogens with two attached hydrogens (primary N) is 1. The average molecular weight is 243 g/mol. The van der Waals surface area contributed by atoms with Crippen LogP contribution >= 0.6 is 0 Å². The van der Waals surface area contributed by atoms with Gasteiger partial charge >= 0.3 is 0 Å². The van der Waals surface area contributed by atoms with E-state index in [1.54, 1.807) is 0 Å². The first-order valence-corrected chi connectivity index (χ1v) is 6.48. The number of rotatable bonds is 5. The summed E-state index contributed by atoms with van der Waals surface area (Å²) in [6.07, 6.45) is 4.02. The van der Waals surface area contributed by atoms with Crippen LogP contribution in [0.2, 0.25) is 0 Å². The molecule has 1 heterocycles. The molecular formula is C15H21N3. The van der Waals surface area contributed by atoms with Gasteiger partial charge in [0.25, 0.3) is 0 Å². The molecule has 2 N–H and O–H groups in total. The van der Waals surface area contributed by atoms with Crippen molar-refractivity contribution in [3.8, 4) is 0 Å². The van der Waals surface area contributed by atoms with Crippen LogP contribution in [0.5, 0.6) is 0 Å². The van der Waals surface area contributed by atoms with Gasteiger partial charge in [-0.3, -0.25) is 4.68 Å². The number of nitrogens with zero attached hydrogens (tertiary/aromatic N) is 2. The maximum Gasteiger partial charge on any atom is 0.0665 e. The molecule has 1 aromatic carbocycles. The predicted octanol–water partition coefficient (Wildman–Crippen LogP) is 2.44. The predicted molar refractivity (Wildman–Crippen MR) is 74.6 cm³/mol. The Balaban J connectivity index is 2.15. The van der Waals surface area contributed by atoms with Gasteiger partial charge in [-0.2, -0.15) is 5.10 Å². The normalized spacial score (nSPS) is 10.8. The van der Waals surface area contributed by atoms with E-state index in [0.717, 1.165) is 25.9 Å². The van der Waals surface area contributed by atoms with Crippen molar-refractivity contribution in [2.24, 2.45) is 5.73 Å². The Bertz CT molecular complexity index is 514. The van der Waals surface area contributed by atoms with Crippen molar-refractivity contribution in [1.29, 1.82) is 0 Å². The zero-order valence-corrected chi connectivity index (χ0v) is 11.2. The minimum absolute atomic E-state index is 0.739. The van der Waals surface area contributed by atoms with E-state index < -0.39 is 0 Å². The average Bonchev–Trinajstić information content (AvgIpc) is 2.71. The van der Waals surface area contributed by atoms with Gasteiger partial charge in [0.15, 0.2) is 0 Å². The summed E-state index contributed by atoms with van der Waals surface area (Å²) in [6, 6.07) is 8.46. The van der Waals surface area contributed by atoms with Crippen LogP contribution in [-0.2, 0) is 13.0 Å². The van der Waals surface area contributed by atoms with Crippen molar-refractivity contribution in [3.63, 3.8) is 0 Å². The van der Waals surface area contributed by atoms with Crippen LogP contribution in [0.1, 0.15) is 28.8 Å². The molecule has 3 nitrogen and oxygen atoms in total. The summed E-state index contributed by atoms with van der Waals surface area (Å²) in [4.78, 5) is 0. The Morgan fingerprint density at radius 1 is 1.17 bits per heavy atom. The number of hydrogen-bond donors (Lipinski definition) is 1. The summed E-state index contributed by atoms with van der Waals surface area (Å²) >= 11 is 0. The fourth-order valence-electron chi connectivity index (χ4n) is 2.13. The molecule has 0 saturated heterocycles. The van der Waals surface area contributed by atoms with Gasteiger partial charge in [0, 0.05) is 5.69 Å². The molecule has 0 aliphatic rings. The maximum absolute atomic E-state index is 5.55. The van der Waals surface area contributed by atoms with E-state index in [0.29, 0.717) is 0 Å². The molecule has 0 amide bonds. The maximum atomic E-state index is 5.55. The van der Waals surface area contributed by atoms with Crippen LogP contribution < -0.4 is 5.73 Å². The van der Waals surface area contributed by atoms with Crippen molar-refractivity contribution in [2.45, 2.75) is 33.2 Å². The first-order valence-electron chi connectivity index (χ1n) is 6.48. The van der Waals surface area contributed by atoms with Crippen molar-refractivity contribution >= 4 is 0 Å². The lowest BCUT2D eigenvalue weighted by Crippen LogP contribution is -2.06. The van der Waals surface area contributed by atoms with E-state index in [2.05, 4.69) is 47.9 Å². The Kier molecular flexibility index (Phi) is 4.15. The van der Waals surface area contributed by atoms with Crippen molar-refractivity contribution < 1.29 is 0 Å². The third-order valence-corrected chi connectivity index (χ3v) is 3.44. The lowest BCUT2D eigenvalue weighted by molar-refractivity contribution is 0.660. The van der Waals surface area contributed by atoms with E-state index in [9.17, 15) is 0 Å². The van der Waals surface area contributed by atoms with Crippen LogP contribution in [0.25, 0.3) is 0 Å². The Hall–Kier alpha value is -1.61. The largest absolute Gasteiger partial charge is 0.330 e. The minimum Gasteiger partial charge on any atom is -0.330 e. The van der Waals surface area contributed by atoms with Gasteiger partial charge in [-0.05, 0) is 49.9 Å². The number of benzene rings is 1. The highest BCUT2D eigenvalue weighted by Crippen LogP contribution is 2.14. The molecule has 0 spiro atoms. The van der Waals surface area contributed by atoms with Gasteiger partial charge in [-0.25, -0.2) is 0 Å². The molecule has 0 unspecified atom stereocenters. The molecule has 0 aliphatic heterocycles. The summed E-state index contributed by atoms with van der Waals surface area (Å²) in [6.45, 7) is 5.87. The lowest BCUT2D eigenvalue weighted by atomic mass is 10.1. The highest BCUT2D eigenvalue weighted by molar-refractivity contribution is 5.27. The molecule has 0 saturated carbocycles. The molecular weight excluding hydrogens is 222 g/mol. The quantitative estimate of drug-likeness (QED) is 0.876. The fourth-order valence-corrected chi connectivity index (χ4v) is 2.13. The van der Waals surface area contributed by atoms with Gasteiger partial charge in [0.05, 0.1) is 12.7 Å². The molecule has 96 valence electrons. The van der Waals surface area contributed by atoms with Crippen LogP contribution in [0, 0.1) is 13.8 Å². The summed E-state index contributed by atoms with van der Waals surface area (Å²) in [7, 11) is 0. The van der Waals surface area contributed by atoms with Crippen LogP contribution in [0.3, 0.4) is 0 Å². The summed E-state index contributed by atoms with van der Waals surface area (Å²) < 4.78 is 2.08. The van der Waals surface area contributed by atoms with Gasteiger partial charge in [-0.15, -0.1) is 0 Å². The van der Waals surface area contributed by atoms with E-state index >= 15 is 0 Å². The molecule has 2 rings (SSSR count). The van der Waals surface area contributed by atoms with Crippen LogP contribution in [-0.4, -0.2) is 16.3 Å². The SMILES string of the molecule is Cc1ccccc1Cn1ncc(CCCN)c1C. The van der Waals surface area contributed by atoms with Gasteiger partial charge in [0.2, 0.25) is 0 Å². The smallest absolute Gasteiger partial charge is 0.0665 e. The lowest BCUT2D eigenvalue weighted by Gasteiger charge is -2.08. The minimum atomic E-state index is 0.739. The van der Waals surface area contributed by atoms with E-state index in [1.807, 2.05) is 6.20 Å². The highest BCUT2D eigenvalue weighted by Gasteiger charge is 2.07. The Morgan fingerprint density at radius 3 is 2.67 bits per heavy atom. The number of aromatic nitrogens is 2. The molecule has 0 fully saturated rings. The Labute approximate surface area is 109 Å². The van der Waals surface area contributed by atoms with Crippen molar-refractivity contribution in [3.05, 3.63) is 52.8 Å². The van der Waals surface area contributed by atoms with E-state index in [-0.39, 0.29) is 0 Å². The van der Waals surface area contributed by atoms with Gasteiger partial charge in [-0.1, -0.05) is 24.3 Å². The third kappa shape index (κ3) is 2.79. The molecule has 2 aromatic rings. The molecule has 1 aromatic heterocycles. The standard InChI is InChI=1S/C15H21N3/c1-12-6-3-4-7-15(12)11-18-13(2)14(10-17-18)8-5-9-16/h3-4,6-7,10H,5,8-9,11,16H2,1-2H3. The Morgan fingerprint density at radius 2 is 1.94 bits per heavy atom. The molecule has 0 radical (unpaired) electrons. The second kappa shape index (κ2) is 5.83. The molecule has 0 aliphatic carbocycles. The van der Waals surface area contributed by atoms with Crippen LogP contribution in [0.4, 0.5) is 0 Å². The monoisotopic (exact) mass is 243 g/mol. The number of hydrogen-bond acceptors (Lipinski definition) is 2. The van der Waals surface area contributed by atoms with Crippen molar-refractivity contribution in [2.75, 3.05) is 6.54 Å². The zero-order chi connectivity index (χ0) is 13.0. The second-order valence-corrected chi connectivity index (χ2v) is 4.73. The summed E-state index contributed by atoms with van der Waals surface area (Å²) in [5.74, 6) is 0. The summed E-state index contributed by atoms with van der Waals surface area (Å²) in [5.41, 5.74) is 10.8. The van der Waals surface area contributed by atoms with Gasteiger partial charge in [0.1, 0.15) is 0 Å². The molecule has 3 heteroatoms.